The van der Waals surface area contributed by atoms with E-state index in [0.717, 1.165) is 26.1 Å². The van der Waals surface area contributed by atoms with Crippen LogP contribution in [0.4, 0.5) is 0 Å². The van der Waals surface area contributed by atoms with Crippen LogP contribution in [0.1, 0.15) is 30.9 Å². The predicted octanol–water partition coefficient (Wildman–Crippen LogP) is 2.09. The fourth-order valence-corrected chi connectivity index (χ4v) is 2.36. The molecule has 1 aromatic rings. The Morgan fingerprint density at radius 1 is 1.19 bits per heavy atom. The minimum absolute atomic E-state index is 0.700. The van der Waals surface area contributed by atoms with E-state index in [4.69, 9.17) is 0 Å². The molecular weight excluding hydrogens is 196 g/mol. The molecule has 0 atom stereocenters. The normalized spacial score (nSPS) is 17.6. The van der Waals surface area contributed by atoms with Crippen LogP contribution in [-0.4, -0.2) is 19.1 Å². The van der Waals surface area contributed by atoms with Gasteiger partial charge in [-0.05, 0) is 43.5 Å². The summed E-state index contributed by atoms with van der Waals surface area (Å²) >= 11 is 0. The number of benzene rings is 1. The van der Waals surface area contributed by atoms with Gasteiger partial charge in [-0.25, -0.2) is 0 Å². The lowest BCUT2D eigenvalue weighted by atomic mass is 10.0. The number of nitrogens with one attached hydrogen (secondary N) is 2. The molecule has 0 bridgehead atoms. The molecule has 2 rings (SSSR count). The standard InChI is InChI=1S/C14H22N2/c1-2-12-5-3-4-6-13(12)11-16-14-7-9-15-10-8-14/h3-6,14-16H,2,7-11H2,1H3. The predicted molar refractivity (Wildman–Crippen MR) is 68.6 cm³/mol. The Kier molecular flexibility index (Phi) is 4.37. The molecule has 2 heteroatoms. The molecule has 16 heavy (non-hydrogen) atoms. The van der Waals surface area contributed by atoms with Crippen molar-refractivity contribution in [3.8, 4) is 0 Å². The Morgan fingerprint density at radius 2 is 1.88 bits per heavy atom. The smallest absolute Gasteiger partial charge is 0.0210 e. The molecule has 0 aromatic heterocycles. The topological polar surface area (TPSA) is 24.1 Å². The molecule has 1 aliphatic rings. The van der Waals surface area contributed by atoms with Gasteiger partial charge >= 0.3 is 0 Å². The van der Waals surface area contributed by atoms with Crippen molar-refractivity contribution in [1.82, 2.24) is 10.6 Å². The van der Waals surface area contributed by atoms with Crippen LogP contribution in [0.25, 0.3) is 0 Å². The van der Waals surface area contributed by atoms with Crippen molar-refractivity contribution in [3.05, 3.63) is 35.4 Å². The monoisotopic (exact) mass is 218 g/mol. The second-order valence-electron chi connectivity index (χ2n) is 4.53. The summed E-state index contributed by atoms with van der Waals surface area (Å²) in [5.41, 5.74) is 2.94. The van der Waals surface area contributed by atoms with E-state index in [1.54, 1.807) is 0 Å². The van der Waals surface area contributed by atoms with Crippen molar-refractivity contribution >= 4 is 0 Å². The Labute approximate surface area is 98.4 Å². The summed E-state index contributed by atoms with van der Waals surface area (Å²) in [6.45, 7) is 5.57. The van der Waals surface area contributed by atoms with Crippen LogP contribution >= 0.6 is 0 Å². The molecule has 1 aromatic carbocycles. The van der Waals surface area contributed by atoms with E-state index in [-0.39, 0.29) is 0 Å². The molecule has 1 saturated heterocycles. The first kappa shape index (κ1) is 11.6. The van der Waals surface area contributed by atoms with Crippen LogP contribution in [-0.2, 0) is 13.0 Å². The van der Waals surface area contributed by atoms with E-state index in [0.29, 0.717) is 6.04 Å². The van der Waals surface area contributed by atoms with E-state index in [9.17, 15) is 0 Å². The second kappa shape index (κ2) is 6.02. The molecule has 0 amide bonds. The maximum absolute atomic E-state index is 3.67. The quantitative estimate of drug-likeness (QED) is 0.808. The van der Waals surface area contributed by atoms with Crippen LogP contribution in [0.15, 0.2) is 24.3 Å². The van der Waals surface area contributed by atoms with Crippen molar-refractivity contribution in [3.63, 3.8) is 0 Å². The summed E-state index contributed by atoms with van der Waals surface area (Å²) < 4.78 is 0. The molecule has 1 heterocycles. The number of hydrogen-bond acceptors (Lipinski definition) is 2. The van der Waals surface area contributed by atoms with Gasteiger partial charge in [0.15, 0.2) is 0 Å². The van der Waals surface area contributed by atoms with E-state index < -0.39 is 0 Å². The third-order valence-corrected chi connectivity index (χ3v) is 3.42. The number of hydrogen-bond donors (Lipinski definition) is 2. The van der Waals surface area contributed by atoms with Gasteiger partial charge in [0.2, 0.25) is 0 Å². The van der Waals surface area contributed by atoms with Gasteiger partial charge in [-0.15, -0.1) is 0 Å². The zero-order valence-corrected chi connectivity index (χ0v) is 10.1. The summed E-state index contributed by atoms with van der Waals surface area (Å²) in [6.07, 6.45) is 3.65. The lowest BCUT2D eigenvalue weighted by Gasteiger charge is -2.24. The van der Waals surface area contributed by atoms with Crippen molar-refractivity contribution in [2.75, 3.05) is 13.1 Å². The average molecular weight is 218 g/mol. The van der Waals surface area contributed by atoms with E-state index >= 15 is 0 Å². The molecule has 0 aliphatic carbocycles. The van der Waals surface area contributed by atoms with Gasteiger partial charge in [-0.1, -0.05) is 31.2 Å². The number of piperidine rings is 1. The SMILES string of the molecule is CCc1ccccc1CNC1CCNCC1. The lowest BCUT2D eigenvalue weighted by Crippen LogP contribution is -2.39. The fraction of sp³-hybridized carbons (Fsp3) is 0.571. The first-order chi connectivity index (χ1) is 7.90. The van der Waals surface area contributed by atoms with Gasteiger partial charge in [0.1, 0.15) is 0 Å². The Bertz CT molecular complexity index is 316. The van der Waals surface area contributed by atoms with Crippen molar-refractivity contribution in [2.24, 2.45) is 0 Å². The Hall–Kier alpha value is -0.860. The fourth-order valence-electron chi connectivity index (χ4n) is 2.36. The van der Waals surface area contributed by atoms with Crippen molar-refractivity contribution in [2.45, 2.75) is 38.8 Å². The third kappa shape index (κ3) is 3.06. The Morgan fingerprint density at radius 3 is 2.56 bits per heavy atom. The molecule has 2 nitrogen and oxygen atoms in total. The minimum Gasteiger partial charge on any atom is -0.317 e. The second-order valence-corrected chi connectivity index (χ2v) is 4.53. The molecule has 0 radical (unpaired) electrons. The molecule has 1 fully saturated rings. The van der Waals surface area contributed by atoms with Gasteiger partial charge < -0.3 is 10.6 Å². The van der Waals surface area contributed by atoms with Gasteiger partial charge in [0.25, 0.3) is 0 Å². The number of aryl methyl sites for hydroxylation is 1. The van der Waals surface area contributed by atoms with E-state index in [1.165, 1.54) is 24.0 Å². The minimum atomic E-state index is 0.700. The maximum atomic E-state index is 3.67. The molecule has 1 aliphatic heterocycles. The summed E-state index contributed by atoms with van der Waals surface area (Å²) in [5, 5.41) is 7.07. The molecule has 0 unspecified atom stereocenters. The van der Waals surface area contributed by atoms with Gasteiger partial charge in [0, 0.05) is 12.6 Å². The van der Waals surface area contributed by atoms with Crippen LogP contribution < -0.4 is 10.6 Å². The van der Waals surface area contributed by atoms with E-state index in [1.807, 2.05) is 0 Å². The van der Waals surface area contributed by atoms with E-state index in [2.05, 4.69) is 41.8 Å². The molecule has 0 spiro atoms. The van der Waals surface area contributed by atoms with Crippen LogP contribution in [0.2, 0.25) is 0 Å². The molecule has 88 valence electrons. The molecule has 0 saturated carbocycles. The first-order valence-electron chi connectivity index (χ1n) is 6.41. The van der Waals surface area contributed by atoms with Crippen LogP contribution in [0.5, 0.6) is 0 Å². The highest BCUT2D eigenvalue weighted by Crippen LogP contribution is 2.10. The Balaban J connectivity index is 1.88. The highest BCUT2D eigenvalue weighted by Gasteiger charge is 2.12. The highest BCUT2D eigenvalue weighted by molar-refractivity contribution is 5.26. The molecule has 2 N–H and O–H groups in total. The van der Waals surface area contributed by atoms with Crippen molar-refractivity contribution in [1.29, 1.82) is 0 Å². The summed E-state index contributed by atoms with van der Waals surface area (Å²) in [7, 11) is 0. The third-order valence-electron chi connectivity index (χ3n) is 3.42. The van der Waals surface area contributed by atoms with Gasteiger partial charge in [0.05, 0.1) is 0 Å². The molecular formula is C14H22N2. The average Bonchev–Trinajstić information content (AvgIpc) is 2.38. The zero-order chi connectivity index (χ0) is 11.2. The highest BCUT2D eigenvalue weighted by atomic mass is 15.0. The zero-order valence-electron chi connectivity index (χ0n) is 10.1. The summed E-state index contributed by atoms with van der Waals surface area (Å²) in [4.78, 5) is 0. The van der Waals surface area contributed by atoms with Gasteiger partial charge in [-0.2, -0.15) is 0 Å². The lowest BCUT2D eigenvalue weighted by molar-refractivity contribution is 0.386. The van der Waals surface area contributed by atoms with Gasteiger partial charge in [-0.3, -0.25) is 0 Å². The summed E-state index contributed by atoms with van der Waals surface area (Å²) in [5.74, 6) is 0. The summed E-state index contributed by atoms with van der Waals surface area (Å²) in [6, 6.07) is 9.45. The first-order valence-corrected chi connectivity index (χ1v) is 6.41. The van der Waals surface area contributed by atoms with Crippen LogP contribution in [0.3, 0.4) is 0 Å². The maximum Gasteiger partial charge on any atom is 0.0210 e. The van der Waals surface area contributed by atoms with Crippen molar-refractivity contribution < 1.29 is 0 Å². The van der Waals surface area contributed by atoms with Crippen LogP contribution in [0, 0.1) is 0 Å². The number of rotatable bonds is 4. The largest absolute Gasteiger partial charge is 0.317 e.